The van der Waals surface area contributed by atoms with Crippen LogP contribution in [0.5, 0.6) is 0 Å². The van der Waals surface area contributed by atoms with Gasteiger partial charge >= 0.3 is 0 Å². The monoisotopic (exact) mass is 246 g/mol. The summed E-state index contributed by atoms with van der Waals surface area (Å²) in [6.45, 7) is 3.66. The van der Waals surface area contributed by atoms with Crippen molar-refractivity contribution in [2.75, 3.05) is 25.1 Å². The molecule has 0 aromatic heterocycles. The minimum absolute atomic E-state index is 0.0501. The molecule has 1 fully saturated rings. The van der Waals surface area contributed by atoms with Crippen LogP contribution in [-0.4, -0.2) is 40.9 Å². The minimum atomic E-state index is -0.0501. The van der Waals surface area contributed by atoms with Gasteiger partial charge in [-0.1, -0.05) is 19.1 Å². The number of nitrogens with two attached hydrogens (primary N) is 1. The Morgan fingerprint density at radius 1 is 1.53 bits per heavy atom. The van der Waals surface area contributed by atoms with E-state index in [1.54, 1.807) is 11.8 Å². The Kier molecular flexibility index (Phi) is 4.40. The first kappa shape index (κ1) is 12.8. The molecular formula is C10H18N2OS2. The van der Waals surface area contributed by atoms with E-state index in [-0.39, 0.29) is 11.3 Å². The van der Waals surface area contributed by atoms with E-state index in [9.17, 15) is 4.79 Å². The van der Waals surface area contributed by atoms with E-state index < -0.39 is 0 Å². The molecule has 3 nitrogen and oxygen atoms in total. The van der Waals surface area contributed by atoms with Crippen LogP contribution in [-0.2, 0) is 4.79 Å². The maximum atomic E-state index is 11.6. The van der Waals surface area contributed by atoms with E-state index >= 15 is 0 Å². The lowest BCUT2D eigenvalue weighted by Crippen LogP contribution is -2.47. The molecule has 1 amide bonds. The molecule has 0 bridgehead atoms. The predicted octanol–water partition coefficient (Wildman–Crippen LogP) is 1.26. The number of hydrogen-bond acceptors (Lipinski definition) is 3. The van der Waals surface area contributed by atoms with Gasteiger partial charge in [-0.2, -0.15) is 11.8 Å². The van der Waals surface area contributed by atoms with Crippen LogP contribution in [0.3, 0.4) is 0 Å². The summed E-state index contributed by atoms with van der Waals surface area (Å²) in [5, 5.41) is 0. The number of thioether (sulfide) groups is 1. The van der Waals surface area contributed by atoms with Gasteiger partial charge < -0.3 is 10.6 Å². The van der Waals surface area contributed by atoms with Gasteiger partial charge in [0.05, 0.1) is 10.7 Å². The zero-order valence-corrected chi connectivity index (χ0v) is 10.9. The maximum absolute atomic E-state index is 11.6. The minimum Gasteiger partial charge on any atom is -0.393 e. The van der Waals surface area contributed by atoms with Crippen LogP contribution >= 0.6 is 24.0 Å². The molecule has 0 aromatic carbocycles. The third-order valence-electron chi connectivity index (χ3n) is 3.08. The Labute approximate surface area is 101 Å². The number of thiocarbonyl (C=S) groups is 1. The second-order valence-electron chi connectivity index (χ2n) is 4.24. The van der Waals surface area contributed by atoms with Crippen LogP contribution in [0.15, 0.2) is 0 Å². The highest BCUT2D eigenvalue weighted by Gasteiger charge is 2.33. The summed E-state index contributed by atoms with van der Waals surface area (Å²) in [5.41, 5.74) is 5.66. The van der Waals surface area contributed by atoms with Crippen molar-refractivity contribution in [3.63, 3.8) is 0 Å². The highest BCUT2D eigenvalue weighted by Crippen LogP contribution is 2.31. The fraction of sp³-hybridized carbons (Fsp3) is 0.800. The molecule has 15 heavy (non-hydrogen) atoms. The maximum Gasteiger partial charge on any atom is 0.232 e. The first-order chi connectivity index (χ1) is 6.99. The zero-order chi connectivity index (χ0) is 11.5. The lowest BCUT2D eigenvalue weighted by atomic mass is 9.80. The van der Waals surface area contributed by atoms with Crippen LogP contribution in [0.25, 0.3) is 0 Å². The van der Waals surface area contributed by atoms with E-state index in [4.69, 9.17) is 18.0 Å². The molecule has 1 aliphatic rings. The Hall–Kier alpha value is -0.290. The zero-order valence-electron chi connectivity index (χ0n) is 9.28. The molecule has 0 aromatic rings. The molecule has 86 valence electrons. The number of piperidine rings is 1. The van der Waals surface area contributed by atoms with Crippen molar-refractivity contribution in [2.24, 2.45) is 11.1 Å². The first-order valence-electron chi connectivity index (χ1n) is 5.06. The van der Waals surface area contributed by atoms with Gasteiger partial charge in [0.25, 0.3) is 0 Å². The smallest absolute Gasteiger partial charge is 0.232 e. The molecule has 1 heterocycles. The second kappa shape index (κ2) is 5.16. The quantitative estimate of drug-likeness (QED) is 0.762. The summed E-state index contributed by atoms with van der Waals surface area (Å²) in [7, 11) is 0. The highest BCUT2D eigenvalue weighted by atomic mass is 32.2. The molecule has 1 rings (SSSR count). The standard InChI is InChI=1S/C10H18N2OS2/c1-10(9(11)14)3-5-12(6-4-10)8(13)7-15-2/h3-7H2,1-2H3,(H2,11,14). The summed E-state index contributed by atoms with van der Waals surface area (Å²) in [4.78, 5) is 14.1. The summed E-state index contributed by atoms with van der Waals surface area (Å²) in [6.07, 6.45) is 3.73. The molecule has 2 N–H and O–H groups in total. The van der Waals surface area contributed by atoms with Crippen LogP contribution in [0.4, 0.5) is 0 Å². The van der Waals surface area contributed by atoms with Crippen molar-refractivity contribution in [2.45, 2.75) is 19.8 Å². The fourth-order valence-corrected chi connectivity index (χ4v) is 2.34. The Morgan fingerprint density at radius 3 is 2.47 bits per heavy atom. The molecule has 0 atom stereocenters. The van der Waals surface area contributed by atoms with Crippen LogP contribution in [0, 0.1) is 5.41 Å². The van der Waals surface area contributed by atoms with Gasteiger partial charge in [0.1, 0.15) is 0 Å². The van der Waals surface area contributed by atoms with E-state index in [0.717, 1.165) is 25.9 Å². The summed E-state index contributed by atoms with van der Waals surface area (Å²) >= 11 is 6.62. The average Bonchev–Trinajstić information content (AvgIpc) is 2.19. The van der Waals surface area contributed by atoms with Crippen molar-refractivity contribution in [1.82, 2.24) is 4.90 Å². The molecule has 1 aliphatic heterocycles. The summed E-state index contributed by atoms with van der Waals surface area (Å²) in [6, 6.07) is 0. The Balaban J connectivity index is 2.49. The third-order valence-corrected chi connectivity index (χ3v) is 4.11. The van der Waals surface area contributed by atoms with Crippen molar-refractivity contribution < 1.29 is 4.79 Å². The van der Waals surface area contributed by atoms with Gasteiger partial charge in [0.15, 0.2) is 0 Å². The molecule has 5 heteroatoms. The van der Waals surface area contributed by atoms with Gasteiger partial charge in [0.2, 0.25) is 5.91 Å². The van der Waals surface area contributed by atoms with Crippen molar-refractivity contribution in [1.29, 1.82) is 0 Å². The number of hydrogen-bond donors (Lipinski definition) is 1. The van der Waals surface area contributed by atoms with Gasteiger partial charge in [-0.15, -0.1) is 0 Å². The van der Waals surface area contributed by atoms with Gasteiger partial charge in [0, 0.05) is 18.5 Å². The topological polar surface area (TPSA) is 46.3 Å². The highest BCUT2D eigenvalue weighted by molar-refractivity contribution is 7.99. The van der Waals surface area contributed by atoms with Gasteiger partial charge in [-0.05, 0) is 19.1 Å². The molecule has 1 saturated heterocycles. The van der Waals surface area contributed by atoms with Gasteiger partial charge in [-0.3, -0.25) is 4.79 Å². The number of nitrogens with zero attached hydrogens (tertiary/aromatic N) is 1. The van der Waals surface area contributed by atoms with Gasteiger partial charge in [-0.25, -0.2) is 0 Å². The third kappa shape index (κ3) is 3.08. The summed E-state index contributed by atoms with van der Waals surface area (Å²) in [5.74, 6) is 0.802. The molecule has 0 unspecified atom stereocenters. The van der Waals surface area contributed by atoms with Crippen molar-refractivity contribution in [3.05, 3.63) is 0 Å². The Morgan fingerprint density at radius 2 is 2.07 bits per heavy atom. The molecule has 0 saturated carbocycles. The number of likely N-dealkylation sites (tertiary alicyclic amines) is 1. The van der Waals surface area contributed by atoms with Crippen LogP contribution < -0.4 is 5.73 Å². The lowest BCUT2D eigenvalue weighted by Gasteiger charge is -2.38. The van der Waals surface area contributed by atoms with E-state index in [1.165, 1.54) is 0 Å². The van der Waals surface area contributed by atoms with Crippen LogP contribution in [0.2, 0.25) is 0 Å². The molecule has 0 spiro atoms. The fourth-order valence-electron chi connectivity index (χ4n) is 1.71. The first-order valence-corrected chi connectivity index (χ1v) is 6.86. The average molecular weight is 246 g/mol. The normalized spacial score (nSPS) is 20.0. The van der Waals surface area contributed by atoms with E-state index in [0.29, 0.717) is 10.7 Å². The number of rotatable bonds is 3. The molecule has 0 aliphatic carbocycles. The predicted molar refractivity (Wildman–Crippen MR) is 69.1 cm³/mol. The molecule has 0 radical (unpaired) electrons. The number of carbonyl (C=O) groups excluding carboxylic acids is 1. The SMILES string of the molecule is CSCC(=O)N1CCC(C)(C(N)=S)CC1. The largest absolute Gasteiger partial charge is 0.393 e. The van der Waals surface area contributed by atoms with Crippen LogP contribution in [0.1, 0.15) is 19.8 Å². The van der Waals surface area contributed by atoms with Crippen molar-refractivity contribution in [3.8, 4) is 0 Å². The Bertz CT molecular complexity index is 260. The van der Waals surface area contributed by atoms with E-state index in [2.05, 4.69) is 6.92 Å². The molecular weight excluding hydrogens is 228 g/mol. The lowest BCUT2D eigenvalue weighted by molar-refractivity contribution is -0.129. The number of amides is 1. The summed E-state index contributed by atoms with van der Waals surface area (Å²) < 4.78 is 0. The number of carbonyl (C=O) groups is 1. The van der Waals surface area contributed by atoms with E-state index in [1.807, 2.05) is 11.2 Å². The van der Waals surface area contributed by atoms with Crippen molar-refractivity contribution >= 4 is 34.9 Å². The second-order valence-corrected chi connectivity index (χ2v) is 5.54.